The van der Waals surface area contributed by atoms with Gasteiger partial charge in [-0.1, -0.05) is 29.8 Å². The van der Waals surface area contributed by atoms with Crippen molar-refractivity contribution in [2.24, 2.45) is 11.3 Å². The van der Waals surface area contributed by atoms with Crippen molar-refractivity contribution in [1.82, 2.24) is 0 Å². The van der Waals surface area contributed by atoms with Gasteiger partial charge in [0.1, 0.15) is 17.1 Å². The number of carbonyl (C=O) groups is 2. The van der Waals surface area contributed by atoms with Gasteiger partial charge in [-0.05, 0) is 45.6 Å². The number of hydrogen-bond acceptors (Lipinski definition) is 4. The Kier molecular flexibility index (Phi) is 3.67. The molecule has 126 valence electrons. The van der Waals surface area contributed by atoms with E-state index in [2.05, 4.69) is 0 Å². The Balaban J connectivity index is 1.91. The van der Waals surface area contributed by atoms with Crippen molar-refractivity contribution >= 4 is 11.6 Å². The Hall–Kier alpha value is -2.36. The van der Waals surface area contributed by atoms with Gasteiger partial charge in [-0.25, -0.2) is 0 Å². The third kappa shape index (κ3) is 2.37. The van der Waals surface area contributed by atoms with Gasteiger partial charge in [0.25, 0.3) is 0 Å². The van der Waals surface area contributed by atoms with E-state index in [1.807, 2.05) is 31.2 Å². The molecule has 1 saturated carbocycles. The maximum Gasteiger partial charge on any atom is 0.183 e. The molecule has 2 aliphatic rings. The summed E-state index contributed by atoms with van der Waals surface area (Å²) in [6.07, 6.45) is 0.682. The van der Waals surface area contributed by atoms with Gasteiger partial charge in [-0.2, -0.15) is 0 Å². The lowest BCUT2D eigenvalue weighted by atomic mass is 9.74. The van der Waals surface area contributed by atoms with Crippen molar-refractivity contribution < 1.29 is 19.8 Å². The zero-order valence-electron chi connectivity index (χ0n) is 14.4. The fraction of sp³-hybridized carbons (Fsp3) is 0.400. The van der Waals surface area contributed by atoms with Crippen LogP contribution in [0.4, 0.5) is 0 Å². The predicted octanol–water partition coefficient (Wildman–Crippen LogP) is 3.92. The summed E-state index contributed by atoms with van der Waals surface area (Å²) >= 11 is 0. The van der Waals surface area contributed by atoms with Crippen LogP contribution in [0.2, 0.25) is 0 Å². The number of allylic oxidation sites excluding steroid dienone is 3. The normalized spacial score (nSPS) is 25.9. The molecule has 2 unspecified atom stereocenters. The molecule has 0 heterocycles. The highest BCUT2D eigenvalue weighted by Crippen LogP contribution is 2.51. The Morgan fingerprint density at radius 2 is 1.71 bits per heavy atom. The average Bonchev–Trinajstić information content (AvgIpc) is 3.33. The van der Waals surface area contributed by atoms with E-state index in [1.54, 1.807) is 13.8 Å². The van der Waals surface area contributed by atoms with Gasteiger partial charge in [-0.3, -0.25) is 9.59 Å². The Morgan fingerprint density at radius 1 is 1.12 bits per heavy atom. The molecule has 3 rings (SSSR count). The van der Waals surface area contributed by atoms with Gasteiger partial charge in [-0.15, -0.1) is 0 Å². The summed E-state index contributed by atoms with van der Waals surface area (Å²) < 4.78 is 0. The van der Waals surface area contributed by atoms with E-state index in [9.17, 15) is 19.8 Å². The molecular formula is C20H22O4. The minimum atomic E-state index is -1.18. The summed E-state index contributed by atoms with van der Waals surface area (Å²) in [6.45, 7) is 6.67. The molecule has 0 radical (unpaired) electrons. The number of benzene rings is 1. The minimum Gasteiger partial charge on any atom is -0.511 e. The molecule has 2 aliphatic carbocycles. The van der Waals surface area contributed by atoms with Crippen LogP contribution >= 0.6 is 0 Å². The molecule has 1 fully saturated rings. The van der Waals surface area contributed by atoms with E-state index >= 15 is 0 Å². The second kappa shape index (κ2) is 5.33. The zero-order chi connectivity index (χ0) is 17.8. The minimum absolute atomic E-state index is 0.0918. The molecule has 4 nitrogen and oxygen atoms in total. The summed E-state index contributed by atoms with van der Waals surface area (Å²) in [5, 5.41) is 20.4. The number of aryl methyl sites for hydroxylation is 1. The second-order valence-corrected chi connectivity index (χ2v) is 7.37. The van der Waals surface area contributed by atoms with E-state index in [1.165, 1.54) is 6.92 Å². The summed E-state index contributed by atoms with van der Waals surface area (Å²) in [4.78, 5) is 25.5. The molecule has 2 atom stereocenters. The molecule has 0 bridgehead atoms. The number of Topliss-reactive ketones (excluding diaryl/α,β-unsaturated/α-hetero) is 2. The van der Waals surface area contributed by atoms with Crippen molar-refractivity contribution in [2.45, 2.75) is 40.0 Å². The first-order valence-corrected chi connectivity index (χ1v) is 8.15. The Bertz CT molecular complexity index is 793. The van der Waals surface area contributed by atoms with E-state index < -0.39 is 11.2 Å². The molecule has 0 aliphatic heterocycles. The van der Waals surface area contributed by atoms with Crippen LogP contribution in [0.1, 0.15) is 44.2 Å². The first kappa shape index (κ1) is 16.5. The molecule has 4 heteroatoms. The third-order valence-electron chi connectivity index (χ3n) is 5.21. The quantitative estimate of drug-likeness (QED) is 0.826. The van der Waals surface area contributed by atoms with Gasteiger partial charge in [0.05, 0.1) is 5.41 Å². The van der Waals surface area contributed by atoms with E-state index in [0.29, 0.717) is 6.42 Å². The molecule has 2 N–H and O–H groups in total. The zero-order valence-corrected chi connectivity index (χ0v) is 14.4. The summed E-state index contributed by atoms with van der Waals surface area (Å²) in [5.74, 6) is -1.57. The number of ketones is 2. The summed E-state index contributed by atoms with van der Waals surface area (Å²) in [5.41, 5.74) is 1.10. The smallest absolute Gasteiger partial charge is 0.183 e. The first-order valence-electron chi connectivity index (χ1n) is 8.15. The molecule has 0 saturated heterocycles. The topological polar surface area (TPSA) is 74.6 Å². The van der Waals surface area contributed by atoms with Gasteiger partial charge in [0, 0.05) is 11.5 Å². The molecule has 1 aromatic carbocycles. The lowest BCUT2D eigenvalue weighted by Gasteiger charge is -2.29. The van der Waals surface area contributed by atoms with Crippen LogP contribution in [0.25, 0.3) is 0 Å². The SMILES string of the molecule is CC1=C(O)C(C)(C)C(=O)C(C(=O)C2CC2c2ccc(C)cc2)=C1O. The first-order chi connectivity index (χ1) is 11.2. The average molecular weight is 326 g/mol. The van der Waals surface area contributed by atoms with Gasteiger partial charge < -0.3 is 10.2 Å². The molecule has 0 spiro atoms. The maximum atomic E-state index is 12.8. The lowest BCUT2D eigenvalue weighted by molar-refractivity contribution is -0.127. The van der Waals surface area contributed by atoms with Crippen molar-refractivity contribution in [3.8, 4) is 0 Å². The van der Waals surface area contributed by atoms with Crippen LogP contribution in [0.3, 0.4) is 0 Å². The molecule has 0 aromatic heterocycles. The van der Waals surface area contributed by atoms with Gasteiger partial charge in [0.2, 0.25) is 0 Å². The van der Waals surface area contributed by atoms with E-state index in [0.717, 1.165) is 11.1 Å². The number of hydrogen-bond donors (Lipinski definition) is 2. The standard InChI is InChI=1S/C20H22O4/c1-10-5-7-12(8-6-10)13-9-14(13)17(22)15-16(21)11(2)18(23)20(3,4)19(15)24/h5-8,13-14,21,23H,9H2,1-4H3. The number of rotatable bonds is 3. The fourth-order valence-electron chi connectivity index (χ4n) is 3.38. The van der Waals surface area contributed by atoms with Crippen molar-refractivity contribution in [3.05, 3.63) is 58.1 Å². The second-order valence-electron chi connectivity index (χ2n) is 7.37. The van der Waals surface area contributed by atoms with Crippen LogP contribution in [-0.2, 0) is 9.59 Å². The highest BCUT2D eigenvalue weighted by Gasteiger charge is 2.51. The molecular weight excluding hydrogens is 304 g/mol. The van der Waals surface area contributed by atoms with Crippen molar-refractivity contribution in [1.29, 1.82) is 0 Å². The predicted molar refractivity (Wildman–Crippen MR) is 90.8 cm³/mol. The van der Waals surface area contributed by atoms with Gasteiger partial charge in [0.15, 0.2) is 11.6 Å². The van der Waals surface area contributed by atoms with E-state index in [-0.39, 0.29) is 40.3 Å². The third-order valence-corrected chi connectivity index (χ3v) is 5.21. The van der Waals surface area contributed by atoms with Crippen LogP contribution in [-0.4, -0.2) is 21.8 Å². The number of carbonyl (C=O) groups excluding carboxylic acids is 2. The molecule has 24 heavy (non-hydrogen) atoms. The Morgan fingerprint density at radius 3 is 2.29 bits per heavy atom. The molecule has 0 amide bonds. The summed E-state index contributed by atoms with van der Waals surface area (Å²) in [6, 6.07) is 8.02. The molecule has 1 aromatic rings. The van der Waals surface area contributed by atoms with Crippen molar-refractivity contribution in [2.75, 3.05) is 0 Å². The fourth-order valence-corrected chi connectivity index (χ4v) is 3.38. The largest absolute Gasteiger partial charge is 0.511 e. The van der Waals surface area contributed by atoms with Crippen LogP contribution < -0.4 is 0 Å². The van der Waals surface area contributed by atoms with E-state index in [4.69, 9.17) is 0 Å². The summed E-state index contributed by atoms with van der Waals surface area (Å²) in [7, 11) is 0. The van der Waals surface area contributed by atoms with Crippen molar-refractivity contribution in [3.63, 3.8) is 0 Å². The highest BCUT2D eigenvalue weighted by atomic mass is 16.3. The highest BCUT2D eigenvalue weighted by molar-refractivity contribution is 6.25. The lowest BCUT2D eigenvalue weighted by Crippen LogP contribution is -2.36. The Labute approximate surface area is 141 Å². The number of aliphatic hydroxyl groups is 2. The van der Waals surface area contributed by atoms with Crippen LogP contribution in [0.5, 0.6) is 0 Å². The monoisotopic (exact) mass is 326 g/mol. The maximum absolute atomic E-state index is 12.8. The van der Waals surface area contributed by atoms with Crippen LogP contribution in [0, 0.1) is 18.3 Å². The van der Waals surface area contributed by atoms with Crippen LogP contribution in [0.15, 0.2) is 46.9 Å². The van der Waals surface area contributed by atoms with Gasteiger partial charge >= 0.3 is 0 Å². The number of aliphatic hydroxyl groups excluding tert-OH is 2.